The summed E-state index contributed by atoms with van der Waals surface area (Å²) in [5.41, 5.74) is -0.694. The van der Waals surface area contributed by atoms with Crippen molar-refractivity contribution in [2.24, 2.45) is 5.41 Å². The molecule has 0 radical (unpaired) electrons. The van der Waals surface area contributed by atoms with Gasteiger partial charge in [-0.25, -0.2) is 4.98 Å². The van der Waals surface area contributed by atoms with Crippen LogP contribution in [0.2, 0.25) is 0 Å². The molecule has 1 aromatic carbocycles. The number of hydrogen-bond donors (Lipinski definition) is 2. The molecule has 21 heavy (non-hydrogen) atoms. The van der Waals surface area contributed by atoms with Crippen molar-refractivity contribution >= 4 is 26.7 Å². The molecule has 4 nitrogen and oxygen atoms in total. The number of alkyl halides is 3. The van der Waals surface area contributed by atoms with E-state index < -0.39 is 11.7 Å². The number of nitrogens with one attached hydrogen (secondary N) is 1. The number of aromatic nitrogens is 1. The highest BCUT2D eigenvalue weighted by Gasteiger charge is 2.38. The zero-order valence-electron chi connectivity index (χ0n) is 10.9. The van der Waals surface area contributed by atoms with E-state index in [9.17, 15) is 18.3 Å². The van der Waals surface area contributed by atoms with Crippen molar-refractivity contribution in [3.05, 3.63) is 23.8 Å². The van der Waals surface area contributed by atoms with Gasteiger partial charge < -0.3 is 15.2 Å². The van der Waals surface area contributed by atoms with Gasteiger partial charge in [-0.1, -0.05) is 11.3 Å². The number of anilines is 1. The number of rotatable bonds is 4. The van der Waals surface area contributed by atoms with E-state index in [0.29, 0.717) is 35.1 Å². The Hall–Kier alpha value is -1.38. The minimum absolute atomic E-state index is 0.00309. The Kier molecular flexibility index (Phi) is 3.54. The summed E-state index contributed by atoms with van der Waals surface area (Å²) in [6, 6.07) is 3.53. The summed E-state index contributed by atoms with van der Waals surface area (Å²) >= 11 is 1.29. The van der Waals surface area contributed by atoms with Gasteiger partial charge in [-0.15, -0.1) is 0 Å². The predicted molar refractivity (Wildman–Crippen MR) is 73.4 cm³/mol. The van der Waals surface area contributed by atoms with Crippen LogP contribution in [0.25, 0.3) is 10.2 Å². The molecular weight excluding hydrogens is 305 g/mol. The fraction of sp³-hybridized carbons (Fsp3) is 0.462. The SMILES string of the molecule is OCC1(CNc2nc3cc(C(F)(F)F)ccc3s2)COC1. The number of aliphatic hydroxyl groups is 1. The van der Waals surface area contributed by atoms with Gasteiger partial charge in [0.2, 0.25) is 0 Å². The first kappa shape index (κ1) is 14.6. The first-order valence-electron chi connectivity index (χ1n) is 6.32. The van der Waals surface area contributed by atoms with Crippen LogP contribution in [0.15, 0.2) is 18.2 Å². The van der Waals surface area contributed by atoms with E-state index in [1.165, 1.54) is 17.4 Å². The van der Waals surface area contributed by atoms with Crippen molar-refractivity contribution in [3.63, 3.8) is 0 Å². The first-order valence-corrected chi connectivity index (χ1v) is 7.14. The van der Waals surface area contributed by atoms with Crippen molar-refractivity contribution in [2.45, 2.75) is 6.18 Å². The molecule has 2 N–H and O–H groups in total. The van der Waals surface area contributed by atoms with Gasteiger partial charge in [0, 0.05) is 6.54 Å². The molecule has 2 heterocycles. The van der Waals surface area contributed by atoms with Gasteiger partial charge in [0.05, 0.1) is 41.0 Å². The van der Waals surface area contributed by atoms with E-state index in [4.69, 9.17) is 4.74 Å². The van der Waals surface area contributed by atoms with Gasteiger partial charge in [0.1, 0.15) is 0 Å². The number of ether oxygens (including phenoxy) is 1. The van der Waals surface area contributed by atoms with E-state index in [1.54, 1.807) is 0 Å². The number of nitrogens with zero attached hydrogens (tertiary/aromatic N) is 1. The monoisotopic (exact) mass is 318 g/mol. The maximum Gasteiger partial charge on any atom is 0.416 e. The Morgan fingerprint density at radius 1 is 1.38 bits per heavy atom. The second-order valence-corrected chi connectivity index (χ2v) is 6.23. The highest BCUT2D eigenvalue weighted by molar-refractivity contribution is 7.22. The second-order valence-electron chi connectivity index (χ2n) is 5.20. The molecule has 1 fully saturated rings. The molecule has 0 saturated carbocycles. The summed E-state index contributed by atoms with van der Waals surface area (Å²) < 4.78 is 43.7. The third kappa shape index (κ3) is 2.83. The maximum absolute atomic E-state index is 12.6. The number of benzene rings is 1. The topological polar surface area (TPSA) is 54.4 Å². The Bertz CT molecular complexity index is 647. The van der Waals surface area contributed by atoms with Crippen LogP contribution in [-0.4, -0.2) is 36.5 Å². The van der Waals surface area contributed by atoms with Crippen LogP contribution in [-0.2, 0) is 10.9 Å². The predicted octanol–water partition coefficient (Wildman–Crippen LogP) is 2.74. The van der Waals surface area contributed by atoms with E-state index in [0.717, 1.165) is 12.1 Å². The fourth-order valence-corrected chi connectivity index (χ4v) is 2.92. The van der Waals surface area contributed by atoms with Crippen LogP contribution in [0.5, 0.6) is 0 Å². The Labute approximate surface area is 122 Å². The Balaban J connectivity index is 1.78. The lowest BCUT2D eigenvalue weighted by Crippen LogP contribution is -2.50. The number of halogens is 3. The summed E-state index contributed by atoms with van der Waals surface area (Å²) in [6.45, 7) is 1.43. The molecule has 0 atom stereocenters. The molecule has 0 bridgehead atoms. The molecule has 0 unspecified atom stereocenters. The zero-order valence-corrected chi connectivity index (χ0v) is 11.7. The van der Waals surface area contributed by atoms with E-state index in [1.807, 2.05) is 0 Å². The van der Waals surface area contributed by atoms with Gasteiger partial charge in [-0.05, 0) is 18.2 Å². The van der Waals surface area contributed by atoms with Gasteiger partial charge in [-0.3, -0.25) is 0 Å². The van der Waals surface area contributed by atoms with Crippen LogP contribution >= 0.6 is 11.3 Å². The van der Waals surface area contributed by atoms with Crippen molar-refractivity contribution in [1.29, 1.82) is 0 Å². The van der Waals surface area contributed by atoms with Gasteiger partial charge in [0.25, 0.3) is 0 Å². The fourth-order valence-electron chi connectivity index (χ4n) is 2.08. The lowest BCUT2D eigenvalue weighted by Gasteiger charge is -2.39. The zero-order chi connectivity index (χ0) is 15.1. The minimum atomic E-state index is -4.37. The first-order chi connectivity index (χ1) is 9.92. The molecule has 0 amide bonds. The number of thiazole rings is 1. The van der Waals surface area contributed by atoms with Gasteiger partial charge >= 0.3 is 6.18 Å². The molecule has 114 valence electrons. The molecule has 0 spiro atoms. The van der Waals surface area contributed by atoms with Crippen LogP contribution in [0, 0.1) is 5.41 Å². The van der Waals surface area contributed by atoms with Gasteiger partial charge in [-0.2, -0.15) is 13.2 Å². The smallest absolute Gasteiger partial charge is 0.396 e. The van der Waals surface area contributed by atoms with E-state index in [-0.39, 0.29) is 12.0 Å². The largest absolute Gasteiger partial charge is 0.416 e. The summed E-state index contributed by atoms with van der Waals surface area (Å²) in [6.07, 6.45) is -4.37. The van der Waals surface area contributed by atoms with E-state index >= 15 is 0 Å². The molecule has 8 heteroatoms. The maximum atomic E-state index is 12.6. The highest BCUT2D eigenvalue weighted by atomic mass is 32.1. The third-order valence-corrected chi connectivity index (χ3v) is 4.48. The average Bonchev–Trinajstić information content (AvgIpc) is 2.78. The number of hydrogen-bond acceptors (Lipinski definition) is 5. The molecule has 3 rings (SSSR count). The third-order valence-electron chi connectivity index (χ3n) is 3.48. The highest BCUT2D eigenvalue weighted by Crippen LogP contribution is 2.34. The molecule has 0 aliphatic carbocycles. The van der Waals surface area contributed by atoms with Crippen LogP contribution < -0.4 is 5.32 Å². The average molecular weight is 318 g/mol. The van der Waals surface area contributed by atoms with Crippen molar-refractivity contribution < 1.29 is 23.0 Å². The standard InChI is InChI=1S/C13H13F3N2O2S/c14-13(15,16)8-1-2-10-9(3-8)18-11(21-10)17-4-12(5-19)6-20-7-12/h1-3,19H,4-7H2,(H,17,18). The van der Waals surface area contributed by atoms with E-state index in [2.05, 4.69) is 10.3 Å². The molecule has 1 aliphatic rings. The minimum Gasteiger partial charge on any atom is -0.396 e. The summed E-state index contributed by atoms with van der Waals surface area (Å²) in [5, 5.41) is 12.9. The molecule has 2 aromatic rings. The van der Waals surface area contributed by atoms with Crippen LogP contribution in [0.3, 0.4) is 0 Å². The lowest BCUT2D eigenvalue weighted by atomic mass is 9.87. The van der Waals surface area contributed by atoms with Crippen LogP contribution in [0.1, 0.15) is 5.56 Å². The quantitative estimate of drug-likeness (QED) is 0.910. The normalized spacial score (nSPS) is 17.7. The number of fused-ring (bicyclic) bond motifs is 1. The Morgan fingerprint density at radius 3 is 2.71 bits per heavy atom. The summed E-state index contributed by atoms with van der Waals surface area (Å²) in [5.74, 6) is 0. The summed E-state index contributed by atoms with van der Waals surface area (Å²) in [7, 11) is 0. The lowest BCUT2D eigenvalue weighted by molar-refractivity contribution is -0.137. The number of aliphatic hydroxyl groups excluding tert-OH is 1. The van der Waals surface area contributed by atoms with Crippen molar-refractivity contribution in [2.75, 3.05) is 31.7 Å². The van der Waals surface area contributed by atoms with Crippen LogP contribution in [0.4, 0.5) is 18.3 Å². The van der Waals surface area contributed by atoms with Crippen molar-refractivity contribution in [3.8, 4) is 0 Å². The second kappa shape index (κ2) is 5.11. The van der Waals surface area contributed by atoms with Crippen molar-refractivity contribution in [1.82, 2.24) is 4.98 Å². The van der Waals surface area contributed by atoms with Gasteiger partial charge in [0.15, 0.2) is 5.13 Å². The molecule has 1 aliphatic heterocycles. The molecular formula is C13H13F3N2O2S. The Morgan fingerprint density at radius 2 is 2.14 bits per heavy atom. The molecule has 1 aromatic heterocycles. The molecule has 1 saturated heterocycles. The summed E-state index contributed by atoms with van der Waals surface area (Å²) in [4.78, 5) is 4.17.